The van der Waals surface area contributed by atoms with E-state index >= 15 is 0 Å². The fraction of sp³-hybridized carbons (Fsp3) is 0.562. The third-order valence-electron chi connectivity index (χ3n) is 3.19. The Kier molecular flexibility index (Phi) is 8.09. The number of carbonyl (C=O) groups is 1. The molecule has 2 amide bonds. The summed E-state index contributed by atoms with van der Waals surface area (Å²) >= 11 is 0. The molecular formula is C16H26N2O3. The summed E-state index contributed by atoms with van der Waals surface area (Å²) in [6.07, 6.45) is 3.87. The van der Waals surface area contributed by atoms with E-state index in [1.165, 1.54) is 5.56 Å². The van der Waals surface area contributed by atoms with Crippen molar-refractivity contribution in [3.63, 3.8) is 0 Å². The zero-order chi connectivity index (χ0) is 15.5. The summed E-state index contributed by atoms with van der Waals surface area (Å²) in [5.41, 5.74) is 1.17. The van der Waals surface area contributed by atoms with Crippen LogP contribution in [0.1, 0.15) is 31.7 Å². The van der Waals surface area contributed by atoms with Crippen LogP contribution in [0.4, 0.5) is 4.79 Å². The van der Waals surface area contributed by atoms with Gasteiger partial charge in [-0.2, -0.15) is 0 Å². The summed E-state index contributed by atoms with van der Waals surface area (Å²) in [4.78, 5) is 11.5. The molecule has 21 heavy (non-hydrogen) atoms. The topological polar surface area (TPSA) is 59.6 Å². The van der Waals surface area contributed by atoms with Gasteiger partial charge in [0.1, 0.15) is 0 Å². The number of carbonyl (C=O) groups excluding carboxylic acids is 1. The molecule has 0 aliphatic heterocycles. The van der Waals surface area contributed by atoms with Crippen molar-refractivity contribution in [1.29, 1.82) is 0 Å². The van der Waals surface area contributed by atoms with Crippen LogP contribution in [-0.4, -0.2) is 33.3 Å². The van der Waals surface area contributed by atoms with Crippen LogP contribution in [0.3, 0.4) is 0 Å². The maximum atomic E-state index is 11.5. The highest BCUT2D eigenvalue weighted by atomic mass is 16.5. The van der Waals surface area contributed by atoms with Gasteiger partial charge < -0.3 is 20.1 Å². The van der Waals surface area contributed by atoms with Crippen molar-refractivity contribution in [3.8, 4) is 11.5 Å². The molecule has 1 rings (SSSR count). The fourth-order valence-electron chi connectivity index (χ4n) is 1.97. The van der Waals surface area contributed by atoms with Crippen molar-refractivity contribution in [2.75, 3.05) is 27.3 Å². The van der Waals surface area contributed by atoms with E-state index < -0.39 is 0 Å². The molecule has 1 aromatic rings. The Bertz CT molecular complexity index is 436. The van der Waals surface area contributed by atoms with Gasteiger partial charge in [0, 0.05) is 13.1 Å². The third-order valence-corrected chi connectivity index (χ3v) is 3.19. The summed E-state index contributed by atoms with van der Waals surface area (Å²) in [6.45, 7) is 3.49. The molecule has 0 saturated heterocycles. The first-order valence-electron chi connectivity index (χ1n) is 7.43. The largest absolute Gasteiger partial charge is 0.493 e. The molecule has 0 aliphatic rings. The highest BCUT2D eigenvalue weighted by Crippen LogP contribution is 2.27. The summed E-state index contributed by atoms with van der Waals surface area (Å²) in [5, 5.41) is 5.69. The Hall–Kier alpha value is -1.91. The van der Waals surface area contributed by atoms with Gasteiger partial charge in [-0.25, -0.2) is 4.79 Å². The molecule has 0 atom stereocenters. The van der Waals surface area contributed by atoms with Crippen molar-refractivity contribution in [3.05, 3.63) is 23.8 Å². The highest BCUT2D eigenvalue weighted by molar-refractivity contribution is 5.73. The van der Waals surface area contributed by atoms with E-state index in [-0.39, 0.29) is 6.03 Å². The van der Waals surface area contributed by atoms with Gasteiger partial charge in [0.15, 0.2) is 11.5 Å². The van der Waals surface area contributed by atoms with Crippen molar-refractivity contribution in [1.82, 2.24) is 10.6 Å². The number of urea groups is 1. The number of methoxy groups -OCH3 is 2. The molecule has 0 aromatic heterocycles. The Balaban J connectivity index is 2.28. The Labute approximate surface area is 127 Å². The lowest BCUT2D eigenvalue weighted by Crippen LogP contribution is -2.36. The van der Waals surface area contributed by atoms with Crippen LogP contribution < -0.4 is 20.1 Å². The summed E-state index contributed by atoms with van der Waals surface area (Å²) < 4.78 is 10.5. The predicted octanol–water partition coefficient (Wildman–Crippen LogP) is 2.74. The Morgan fingerprint density at radius 1 is 1.05 bits per heavy atom. The number of amides is 2. The molecule has 1 aromatic carbocycles. The van der Waals surface area contributed by atoms with E-state index in [0.717, 1.165) is 43.7 Å². The minimum Gasteiger partial charge on any atom is -0.493 e. The number of hydrogen-bond acceptors (Lipinski definition) is 3. The lowest BCUT2D eigenvalue weighted by molar-refractivity contribution is 0.240. The van der Waals surface area contributed by atoms with E-state index in [9.17, 15) is 4.79 Å². The fourth-order valence-corrected chi connectivity index (χ4v) is 1.97. The number of unbranched alkanes of at least 4 members (excludes halogenated alkanes) is 1. The van der Waals surface area contributed by atoms with Gasteiger partial charge in [0.05, 0.1) is 14.2 Å². The number of nitrogens with one attached hydrogen (secondary N) is 2. The van der Waals surface area contributed by atoms with Crippen LogP contribution in [-0.2, 0) is 6.42 Å². The maximum absolute atomic E-state index is 11.5. The summed E-state index contributed by atoms with van der Waals surface area (Å²) in [7, 11) is 3.25. The zero-order valence-corrected chi connectivity index (χ0v) is 13.2. The molecule has 0 unspecified atom stereocenters. The average molecular weight is 294 g/mol. The van der Waals surface area contributed by atoms with Gasteiger partial charge in [0.25, 0.3) is 0 Å². The van der Waals surface area contributed by atoms with E-state index in [4.69, 9.17) is 9.47 Å². The molecule has 0 bridgehead atoms. The minimum absolute atomic E-state index is 0.0873. The molecule has 0 spiro atoms. The molecule has 0 heterocycles. The lowest BCUT2D eigenvalue weighted by Gasteiger charge is -2.10. The van der Waals surface area contributed by atoms with Gasteiger partial charge >= 0.3 is 6.03 Å². The monoisotopic (exact) mass is 294 g/mol. The number of rotatable bonds is 9. The van der Waals surface area contributed by atoms with E-state index in [1.807, 2.05) is 18.2 Å². The molecule has 2 N–H and O–H groups in total. The normalized spacial score (nSPS) is 10.0. The predicted molar refractivity (Wildman–Crippen MR) is 84.2 cm³/mol. The van der Waals surface area contributed by atoms with Gasteiger partial charge in [-0.1, -0.05) is 19.4 Å². The van der Waals surface area contributed by atoms with Crippen molar-refractivity contribution < 1.29 is 14.3 Å². The van der Waals surface area contributed by atoms with Gasteiger partial charge in [0.2, 0.25) is 0 Å². The number of ether oxygens (including phenoxy) is 2. The molecule has 0 fully saturated rings. The third kappa shape index (κ3) is 6.38. The van der Waals surface area contributed by atoms with Crippen molar-refractivity contribution >= 4 is 6.03 Å². The smallest absolute Gasteiger partial charge is 0.314 e. The van der Waals surface area contributed by atoms with Gasteiger partial charge in [-0.05, 0) is 37.0 Å². The lowest BCUT2D eigenvalue weighted by atomic mass is 10.1. The SMILES string of the molecule is CCCCNC(=O)NCCCc1ccc(OC)c(OC)c1. The first-order valence-corrected chi connectivity index (χ1v) is 7.43. The zero-order valence-electron chi connectivity index (χ0n) is 13.2. The second-order valence-electron chi connectivity index (χ2n) is 4.83. The number of hydrogen-bond donors (Lipinski definition) is 2. The van der Waals surface area contributed by atoms with Gasteiger partial charge in [-0.3, -0.25) is 0 Å². The first kappa shape index (κ1) is 17.1. The van der Waals surface area contributed by atoms with Crippen LogP contribution in [0, 0.1) is 0 Å². The van der Waals surface area contributed by atoms with Gasteiger partial charge in [-0.15, -0.1) is 0 Å². The Morgan fingerprint density at radius 3 is 2.33 bits per heavy atom. The second-order valence-corrected chi connectivity index (χ2v) is 4.83. The highest BCUT2D eigenvalue weighted by Gasteiger charge is 2.04. The average Bonchev–Trinajstić information content (AvgIpc) is 2.51. The molecular weight excluding hydrogens is 268 g/mol. The molecule has 0 aliphatic carbocycles. The van der Waals surface area contributed by atoms with Crippen LogP contribution in [0.25, 0.3) is 0 Å². The maximum Gasteiger partial charge on any atom is 0.314 e. The first-order chi connectivity index (χ1) is 10.2. The van der Waals surface area contributed by atoms with E-state index in [2.05, 4.69) is 17.6 Å². The van der Waals surface area contributed by atoms with Crippen molar-refractivity contribution in [2.45, 2.75) is 32.6 Å². The van der Waals surface area contributed by atoms with Crippen LogP contribution in [0.2, 0.25) is 0 Å². The van der Waals surface area contributed by atoms with Crippen LogP contribution in [0.5, 0.6) is 11.5 Å². The van der Waals surface area contributed by atoms with Crippen LogP contribution >= 0.6 is 0 Å². The molecule has 5 heteroatoms. The molecule has 118 valence electrons. The summed E-state index contributed by atoms with van der Waals surface area (Å²) in [5.74, 6) is 1.47. The Morgan fingerprint density at radius 2 is 1.71 bits per heavy atom. The van der Waals surface area contributed by atoms with Crippen molar-refractivity contribution in [2.24, 2.45) is 0 Å². The van der Waals surface area contributed by atoms with E-state index in [0.29, 0.717) is 6.54 Å². The molecule has 5 nitrogen and oxygen atoms in total. The quantitative estimate of drug-likeness (QED) is 0.688. The minimum atomic E-state index is -0.0873. The van der Waals surface area contributed by atoms with E-state index in [1.54, 1.807) is 14.2 Å². The molecule has 0 radical (unpaired) electrons. The van der Waals surface area contributed by atoms with Crippen LogP contribution in [0.15, 0.2) is 18.2 Å². The molecule has 0 saturated carbocycles. The summed E-state index contributed by atoms with van der Waals surface area (Å²) in [6, 6.07) is 5.80. The standard InChI is InChI=1S/C16H26N2O3/c1-4-5-10-17-16(19)18-11-6-7-13-8-9-14(20-2)15(12-13)21-3/h8-9,12H,4-7,10-11H2,1-3H3,(H2,17,18,19). The number of aryl methyl sites for hydroxylation is 1. The second kappa shape index (κ2) is 9.91. The number of benzene rings is 1.